The number of nitrogens with zero attached hydrogens (tertiary/aromatic N) is 1. The molecule has 106 valence electrons. The van der Waals surface area contributed by atoms with Crippen molar-refractivity contribution in [2.24, 2.45) is 5.92 Å². The normalized spacial score (nSPS) is 13.5. The van der Waals surface area contributed by atoms with Crippen molar-refractivity contribution in [1.29, 1.82) is 0 Å². The Morgan fingerprint density at radius 1 is 1.53 bits per heavy atom. The summed E-state index contributed by atoms with van der Waals surface area (Å²) < 4.78 is 25.9. The van der Waals surface area contributed by atoms with Crippen LogP contribution in [0.5, 0.6) is 0 Å². The number of sulfonamides is 1. The Morgan fingerprint density at radius 3 is 2.63 bits per heavy atom. The third kappa shape index (κ3) is 3.68. The van der Waals surface area contributed by atoms with E-state index in [2.05, 4.69) is 15.9 Å². The van der Waals surface area contributed by atoms with Crippen molar-refractivity contribution in [3.05, 3.63) is 27.7 Å². The minimum absolute atomic E-state index is 0.0140. The van der Waals surface area contributed by atoms with Crippen molar-refractivity contribution >= 4 is 43.5 Å². The van der Waals surface area contributed by atoms with Gasteiger partial charge in [0.2, 0.25) is 10.0 Å². The minimum atomic E-state index is -3.78. The molecule has 1 rings (SSSR count). The molecule has 0 saturated carbocycles. The van der Waals surface area contributed by atoms with E-state index in [9.17, 15) is 13.2 Å². The van der Waals surface area contributed by atoms with Crippen LogP contribution in [0.3, 0.4) is 0 Å². The number of carbonyl (C=O) groups is 1. The zero-order valence-corrected chi connectivity index (χ0v) is 13.5. The second-order valence-corrected chi connectivity index (χ2v) is 7.29. The standard InChI is InChI=1S/C11H13BrClNO4S/c1-7(11(15)16)6-14(2)19(17,18)9-5-3-4-8(13)10(9)12/h3-5,7H,6H2,1-2H3,(H,15,16). The molecule has 0 radical (unpaired) electrons. The quantitative estimate of drug-likeness (QED) is 0.864. The van der Waals surface area contributed by atoms with Crippen molar-refractivity contribution in [2.45, 2.75) is 11.8 Å². The Morgan fingerprint density at radius 2 is 2.11 bits per heavy atom. The second kappa shape index (κ2) is 6.21. The molecular weight excluding hydrogens is 358 g/mol. The summed E-state index contributed by atoms with van der Waals surface area (Å²) in [7, 11) is -2.45. The first kappa shape index (κ1) is 16.4. The highest BCUT2D eigenvalue weighted by Crippen LogP contribution is 2.31. The molecule has 1 unspecified atom stereocenters. The zero-order chi connectivity index (χ0) is 14.8. The van der Waals surface area contributed by atoms with Gasteiger partial charge in [-0.1, -0.05) is 24.6 Å². The van der Waals surface area contributed by atoms with Crippen LogP contribution < -0.4 is 0 Å². The maximum absolute atomic E-state index is 12.3. The predicted molar refractivity (Wildman–Crippen MR) is 75.8 cm³/mol. The van der Waals surface area contributed by atoms with Crippen LogP contribution in [0, 0.1) is 5.92 Å². The molecule has 0 aromatic heterocycles. The molecule has 0 aliphatic rings. The molecule has 0 heterocycles. The van der Waals surface area contributed by atoms with Gasteiger partial charge in [-0.25, -0.2) is 12.7 Å². The molecule has 0 fully saturated rings. The number of halogens is 2. The van der Waals surface area contributed by atoms with Gasteiger partial charge in [0.1, 0.15) is 0 Å². The lowest BCUT2D eigenvalue weighted by molar-refractivity contribution is -0.141. The Kier molecular flexibility index (Phi) is 5.37. The lowest BCUT2D eigenvalue weighted by Gasteiger charge is -2.20. The lowest BCUT2D eigenvalue weighted by atomic mass is 10.2. The molecule has 0 aliphatic carbocycles. The molecule has 1 atom stereocenters. The summed E-state index contributed by atoms with van der Waals surface area (Å²) in [6, 6.07) is 4.49. The highest BCUT2D eigenvalue weighted by molar-refractivity contribution is 9.10. The fourth-order valence-electron chi connectivity index (χ4n) is 1.41. The maximum Gasteiger partial charge on any atom is 0.307 e. The van der Waals surface area contributed by atoms with Crippen LogP contribution in [0.15, 0.2) is 27.6 Å². The molecule has 0 bridgehead atoms. The van der Waals surface area contributed by atoms with Crippen molar-refractivity contribution < 1.29 is 18.3 Å². The fourth-order valence-corrected chi connectivity index (χ4v) is 3.86. The number of benzene rings is 1. The average Bonchev–Trinajstić information content (AvgIpc) is 2.32. The van der Waals surface area contributed by atoms with E-state index < -0.39 is 21.9 Å². The van der Waals surface area contributed by atoms with Gasteiger partial charge in [0, 0.05) is 13.6 Å². The highest BCUT2D eigenvalue weighted by Gasteiger charge is 2.27. The molecule has 1 aromatic carbocycles. The van der Waals surface area contributed by atoms with Crippen molar-refractivity contribution in [3.8, 4) is 0 Å². The van der Waals surface area contributed by atoms with Gasteiger partial charge in [-0.3, -0.25) is 4.79 Å². The third-order valence-electron chi connectivity index (χ3n) is 2.56. The largest absolute Gasteiger partial charge is 0.481 e. The molecule has 0 saturated heterocycles. The van der Waals surface area contributed by atoms with Crippen LogP contribution in [0.2, 0.25) is 5.02 Å². The molecular formula is C11H13BrClNO4S. The van der Waals surface area contributed by atoms with Gasteiger partial charge in [-0.2, -0.15) is 0 Å². The van der Waals surface area contributed by atoms with E-state index in [1.807, 2.05) is 0 Å². The van der Waals surface area contributed by atoms with Crippen molar-refractivity contribution in [3.63, 3.8) is 0 Å². The summed E-state index contributed by atoms with van der Waals surface area (Å²) in [5.41, 5.74) is 0. The Balaban J connectivity index is 3.10. The summed E-state index contributed by atoms with van der Waals surface area (Å²) in [6.07, 6.45) is 0. The van der Waals surface area contributed by atoms with Crippen molar-refractivity contribution in [1.82, 2.24) is 4.31 Å². The Bertz CT molecular complexity index is 590. The summed E-state index contributed by atoms with van der Waals surface area (Å²) in [5, 5.41) is 9.09. The minimum Gasteiger partial charge on any atom is -0.481 e. The molecule has 1 N–H and O–H groups in total. The van der Waals surface area contributed by atoms with E-state index in [0.29, 0.717) is 0 Å². The number of hydrogen-bond acceptors (Lipinski definition) is 3. The van der Waals surface area contributed by atoms with Crippen LogP contribution >= 0.6 is 27.5 Å². The molecule has 0 spiro atoms. The molecule has 0 amide bonds. The summed E-state index contributed by atoms with van der Waals surface area (Å²) in [6.45, 7) is 1.33. The van der Waals surface area contributed by atoms with Crippen LogP contribution in [-0.4, -0.2) is 37.4 Å². The van der Waals surface area contributed by atoms with Gasteiger partial charge < -0.3 is 5.11 Å². The molecule has 1 aromatic rings. The van der Waals surface area contributed by atoms with E-state index >= 15 is 0 Å². The smallest absolute Gasteiger partial charge is 0.307 e. The van der Waals surface area contributed by atoms with Crippen LogP contribution in [0.25, 0.3) is 0 Å². The summed E-state index contributed by atoms with van der Waals surface area (Å²) in [5.74, 6) is -1.84. The average molecular weight is 371 g/mol. The fraction of sp³-hybridized carbons (Fsp3) is 0.364. The number of hydrogen-bond donors (Lipinski definition) is 1. The van der Waals surface area contributed by atoms with E-state index in [4.69, 9.17) is 16.7 Å². The maximum atomic E-state index is 12.3. The van der Waals surface area contributed by atoms with E-state index in [-0.39, 0.29) is 20.9 Å². The number of carboxylic acids is 1. The van der Waals surface area contributed by atoms with Gasteiger partial charge in [0.25, 0.3) is 0 Å². The van der Waals surface area contributed by atoms with Gasteiger partial charge in [-0.15, -0.1) is 0 Å². The van der Waals surface area contributed by atoms with E-state index in [0.717, 1.165) is 4.31 Å². The topological polar surface area (TPSA) is 74.7 Å². The van der Waals surface area contributed by atoms with Gasteiger partial charge >= 0.3 is 5.97 Å². The van der Waals surface area contributed by atoms with Crippen LogP contribution in [0.1, 0.15) is 6.92 Å². The van der Waals surface area contributed by atoms with Crippen LogP contribution in [-0.2, 0) is 14.8 Å². The molecule has 8 heteroatoms. The first-order chi connectivity index (χ1) is 8.67. The van der Waals surface area contributed by atoms with Gasteiger partial charge in [0.05, 0.1) is 20.3 Å². The zero-order valence-electron chi connectivity index (χ0n) is 10.3. The molecule has 0 aliphatic heterocycles. The Labute approximate surface area is 125 Å². The molecule has 19 heavy (non-hydrogen) atoms. The van der Waals surface area contributed by atoms with Crippen molar-refractivity contribution in [2.75, 3.05) is 13.6 Å². The number of aliphatic carboxylic acids is 1. The number of carboxylic acid groups (broad SMARTS) is 1. The van der Waals surface area contributed by atoms with Crippen LogP contribution in [0.4, 0.5) is 0 Å². The molecule has 5 nitrogen and oxygen atoms in total. The summed E-state index contributed by atoms with van der Waals surface area (Å²) >= 11 is 8.98. The van der Waals surface area contributed by atoms with E-state index in [1.54, 1.807) is 6.07 Å². The first-order valence-electron chi connectivity index (χ1n) is 5.31. The lowest BCUT2D eigenvalue weighted by Crippen LogP contribution is -2.33. The monoisotopic (exact) mass is 369 g/mol. The highest BCUT2D eigenvalue weighted by atomic mass is 79.9. The summed E-state index contributed by atoms with van der Waals surface area (Å²) in [4.78, 5) is 10.8. The van der Waals surface area contributed by atoms with Gasteiger partial charge in [-0.05, 0) is 28.1 Å². The predicted octanol–water partition coefficient (Wildman–Crippen LogP) is 2.44. The second-order valence-electron chi connectivity index (χ2n) is 4.08. The van der Waals surface area contributed by atoms with E-state index in [1.165, 1.54) is 26.1 Å². The Hall–Kier alpha value is -0.630. The first-order valence-corrected chi connectivity index (χ1v) is 7.92. The van der Waals surface area contributed by atoms with Gasteiger partial charge in [0.15, 0.2) is 0 Å². The SMILES string of the molecule is CC(CN(C)S(=O)(=O)c1cccc(Cl)c1Br)C(=O)O. The third-order valence-corrected chi connectivity index (χ3v) is 6.08. The number of rotatable bonds is 5.